The molecule has 0 aromatic heterocycles. The van der Waals surface area contributed by atoms with E-state index in [1.54, 1.807) is 6.92 Å². The number of aliphatic carboxylic acids is 1. The zero-order valence-electron chi connectivity index (χ0n) is 11.7. The van der Waals surface area contributed by atoms with Gasteiger partial charge >= 0.3 is 12.0 Å². The highest BCUT2D eigenvalue weighted by molar-refractivity contribution is 6.33. The minimum atomic E-state index is -1.09. The monoisotopic (exact) mass is 309 g/mol. The Morgan fingerprint density at radius 3 is 2.62 bits per heavy atom. The summed E-state index contributed by atoms with van der Waals surface area (Å²) < 4.78 is 0. The fourth-order valence-corrected chi connectivity index (χ4v) is 1.90. The molecule has 2 amide bonds. The molecule has 0 radical (unpaired) electrons. The number of carboxylic acid groups (broad SMARTS) is 1. The van der Waals surface area contributed by atoms with Crippen molar-refractivity contribution < 1.29 is 14.7 Å². The molecule has 0 fully saturated rings. The predicted octanol–water partition coefficient (Wildman–Crippen LogP) is 2.83. The van der Waals surface area contributed by atoms with Crippen molar-refractivity contribution in [3.8, 4) is 6.07 Å². The second-order valence-electron chi connectivity index (χ2n) is 4.61. The lowest BCUT2D eigenvalue weighted by molar-refractivity contribution is -0.140. The maximum atomic E-state index is 11.8. The van der Waals surface area contributed by atoms with Gasteiger partial charge < -0.3 is 15.7 Å². The van der Waals surface area contributed by atoms with E-state index in [1.165, 1.54) is 18.2 Å². The third-order valence-electron chi connectivity index (χ3n) is 3.11. The van der Waals surface area contributed by atoms with E-state index in [1.807, 2.05) is 13.0 Å². The number of hydrogen-bond acceptors (Lipinski definition) is 3. The molecule has 7 heteroatoms. The smallest absolute Gasteiger partial charge is 0.326 e. The van der Waals surface area contributed by atoms with Crippen LogP contribution in [0.1, 0.15) is 25.8 Å². The van der Waals surface area contributed by atoms with E-state index in [9.17, 15) is 9.59 Å². The fourth-order valence-electron chi connectivity index (χ4n) is 1.67. The van der Waals surface area contributed by atoms with Gasteiger partial charge in [-0.2, -0.15) is 5.26 Å². The standard InChI is InChI=1S/C14H16ClN3O3/c1-3-8(2)12(13(19)20)18-14(21)17-11-5-4-9(7-16)6-10(11)15/h4-6,8,12H,3H2,1-2H3,(H,19,20)(H2,17,18,21)/t8?,12-/m0/s1. The maximum absolute atomic E-state index is 11.8. The number of nitriles is 1. The number of rotatable bonds is 5. The average molecular weight is 310 g/mol. The Morgan fingerprint density at radius 2 is 2.14 bits per heavy atom. The van der Waals surface area contributed by atoms with Crippen molar-refractivity contribution in [1.29, 1.82) is 5.26 Å². The summed E-state index contributed by atoms with van der Waals surface area (Å²) in [6, 6.07) is 4.70. The average Bonchev–Trinajstić information content (AvgIpc) is 2.45. The van der Waals surface area contributed by atoms with E-state index in [-0.39, 0.29) is 10.9 Å². The van der Waals surface area contributed by atoms with E-state index in [2.05, 4.69) is 10.6 Å². The molecule has 2 atom stereocenters. The quantitative estimate of drug-likeness (QED) is 0.778. The summed E-state index contributed by atoms with van der Waals surface area (Å²) in [6.07, 6.45) is 0.620. The van der Waals surface area contributed by atoms with Crippen LogP contribution in [-0.4, -0.2) is 23.1 Å². The Kier molecular flexibility index (Phi) is 6.00. The second-order valence-corrected chi connectivity index (χ2v) is 5.01. The summed E-state index contributed by atoms with van der Waals surface area (Å²) in [5, 5.41) is 22.9. The van der Waals surface area contributed by atoms with Crippen LogP contribution in [0.5, 0.6) is 0 Å². The minimum Gasteiger partial charge on any atom is -0.480 e. The van der Waals surface area contributed by atoms with E-state index >= 15 is 0 Å². The van der Waals surface area contributed by atoms with Crippen LogP contribution in [0.2, 0.25) is 5.02 Å². The van der Waals surface area contributed by atoms with Gasteiger partial charge in [0.15, 0.2) is 0 Å². The predicted molar refractivity (Wildman–Crippen MR) is 79.2 cm³/mol. The molecule has 0 spiro atoms. The molecule has 1 unspecified atom stereocenters. The second kappa shape index (κ2) is 7.50. The van der Waals surface area contributed by atoms with Gasteiger partial charge in [0.25, 0.3) is 0 Å². The molecule has 0 saturated heterocycles. The van der Waals surface area contributed by atoms with Gasteiger partial charge in [0.2, 0.25) is 0 Å². The summed E-state index contributed by atoms with van der Waals surface area (Å²) in [5.74, 6) is -1.30. The number of carboxylic acids is 1. The molecule has 6 nitrogen and oxygen atoms in total. The molecule has 0 saturated carbocycles. The number of benzene rings is 1. The zero-order chi connectivity index (χ0) is 16.0. The minimum absolute atomic E-state index is 0.204. The van der Waals surface area contributed by atoms with Gasteiger partial charge in [-0.15, -0.1) is 0 Å². The molecule has 21 heavy (non-hydrogen) atoms. The van der Waals surface area contributed by atoms with Gasteiger partial charge in [-0.05, 0) is 24.1 Å². The van der Waals surface area contributed by atoms with E-state index in [4.69, 9.17) is 22.0 Å². The Bertz CT molecular complexity index is 583. The number of amides is 2. The van der Waals surface area contributed by atoms with Crippen LogP contribution in [0.15, 0.2) is 18.2 Å². The summed E-state index contributed by atoms with van der Waals surface area (Å²) >= 11 is 5.93. The normalized spacial score (nSPS) is 12.9. The molecule has 3 N–H and O–H groups in total. The number of urea groups is 1. The zero-order valence-corrected chi connectivity index (χ0v) is 12.4. The van der Waals surface area contributed by atoms with Crippen LogP contribution in [0.4, 0.5) is 10.5 Å². The van der Waals surface area contributed by atoms with Crippen LogP contribution >= 0.6 is 11.6 Å². The molecule has 0 heterocycles. The number of anilines is 1. The first-order chi connectivity index (χ1) is 9.88. The number of halogens is 1. The van der Waals surface area contributed by atoms with Gasteiger partial charge in [-0.3, -0.25) is 0 Å². The Labute approximate surface area is 127 Å². The molecule has 1 aromatic carbocycles. The highest BCUT2D eigenvalue weighted by atomic mass is 35.5. The number of hydrogen-bond donors (Lipinski definition) is 3. The Balaban J connectivity index is 2.77. The first kappa shape index (κ1) is 16.8. The SMILES string of the molecule is CCC(C)[C@H](NC(=O)Nc1ccc(C#N)cc1Cl)C(=O)O. The highest BCUT2D eigenvalue weighted by Crippen LogP contribution is 2.22. The van der Waals surface area contributed by atoms with E-state index in [0.717, 1.165) is 0 Å². The number of carbonyl (C=O) groups is 2. The van der Waals surface area contributed by atoms with Crippen molar-refractivity contribution in [1.82, 2.24) is 5.32 Å². The largest absolute Gasteiger partial charge is 0.480 e. The van der Waals surface area contributed by atoms with Crippen LogP contribution < -0.4 is 10.6 Å². The van der Waals surface area contributed by atoms with Crippen LogP contribution in [0.3, 0.4) is 0 Å². The lowest BCUT2D eigenvalue weighted by Gasteiger charge is -2.20. The molecule has 0 bridgehead atoms. The number of carbonyl (C=O) groups excluding carboxylic acids is 1. The van der Waals surface area contributed by atoms with Crippen molar-refractivity contribution in [3.63, 3.8) is 0 Å². The van der Waals surface area contributed by atoms with E-state index < -0.39 is 18.0 Å². The van der Waals surface area contributed by atoms with Crippen molar-refractivity contribution in [2.24, 2.45) is 5.92 Å². The maximum Gasteiger partial charge on any atom is 0.326 e. The van der Waals surface area contributed by atoms with Crippen molar-refractivity contribution >= 4 is 29.3 Å². The topological polar surface area (TPSA) is 102 Å². The van der Waals surface area contributed by atoms with Gasteiger partial charge in [0.05, 0.1) is 22.3 Å². The highest BCUT2D eigenvalue weighted by Gasteiger charge is 2.25. The molecule has 1 rings (SSSR count). The summed E-state index contributed by atoms with van der Waals surface area (Å²) in [4.78, 5) is 23.0. The molecule has 0 aliphatic rings. The molecule has 0 aliphatic carbocycles. The fraction of sp³-hybridized carbons (Fsp3) is 0.357. The summed E-state index contributed by atoms with van der Waals surface area (Å²) in [6.45, 7) is 3.59. The molecular weight excluding hydrogens is 294 g/mol. The lowest BCUT2D eigenvalue weighted by Crippen LogP contribution is -2.46. The van der Waals surface area contributed by atoms with Gasteiger partial charge in [-0.25, -0.2) is 9.59 Å². The van der Waals surface area contributed by atoms with Gasteiger partial charge in [0.1, 0.15) is 6.04 Å². The number of nitrogens with one attached hydrogen (secondary N) is 2. The molecule has 1 aromatic rings. The van der Waals surface area contributed by atoms with Crippen LogP contribution in [-0.2, 0) is 4.79 Å². The Morgan fingerprint density at radius 1 is 1.48 bits per heavy atom. The van der Waals surface area contributed by atoms with Crippen molar-refractivity contribution in [2.75, 3.05) is 5.32 Å². The number of nitrogens with zero attached hydrogens (tertiary/aromatic N) is 1. The molecule has 0 aliphatic heterocycles. The molecule has 112 valence electrons. The first-order valence-electron chi connectivity index (χ1n) is 6.39. The van der Waals surface area contributed by atoms with Gasteiger partial charge in [-0.1, -0.05) is 31.9 Å². The third kappa shape index (κ3) is 4.65. The summed E-state index contributed by atoms with van der Waals surface area (Å²) in [5.41, 5.74) is 0.676. The third-order valence-corrected chi connectivity index (χ3v) is 3.42. The summed E-state index contributed by atoms with van der Waals surface area (Å²) in [7, 11) is 0. The first-order valence-corrected chi connectivity index (χ1v) is 6.76. The Hall–Kier alpha value is -2.26. The van der Waals surface area contributed by atoms with Crippen LogP contribution in [0, 0.1) is 17.2 Å². The van der Waals surface area contributed by atoms with Crippen molar-refractivity contribution in [2.45, 2.75) is 26.3 Å². The van der Waals surface area contributed by atoms with Gasteiger partial charge in [0, 0.05) is 0 Å². The van der Waals surface area contributed by atoms with Crippen molar-refractivity contribution in [3.05, 3.63) is 28.8 Å². The van der Waals surface area contributed by atoms with E-state index in [0.29, 0.717) is 17.7 Å². The van der Waals surface area contributed by atoms with Crippen LogP contribution in [0.25, 0.3) is 0 Å². The molecular formula is C14H16ClN3O3. The lowest BCUT2D eigenvalue weighted by atomic mass is 9.99.